The highest BCUT2D eigenvalue weighted by Gasteiger charge is 2.29. The van der Waals surface area contributed by atoms with Gasteiger partial charge in [-0.25, -0.2) is 4.79 Å². The first-order valence-electron chi connectivity index (χ1n) is 12.4. The van der Waals surface area contributed by atoms with E-state index in [2.05, 4.69) is 33.4 Å². The Morgan fingerprint density at radius 2 is 1.34 bits per heavy atom. The smallest absolute Gasteiger partial charge is 0.407 e. The lowest BCUT2D eigenvalue weighted by molar-refractivity contribution is -0.139. The zero-order valence-corrected chi connectivity index (χ0v) is 21.3. The summed E-state index contributed by atoms with van der Waals surface area (Å²) in [5.41, 5.74) is 4.49. The Kier molecular flexibility index (Phi) is 9.80. The first kappa shape index (κ1) is 28.2. The molecule has 11 nitrogen and oxygen atoms in total. The summed E-state index contributed by atoms with van der Waals surface area (Å²) < 4.78 is 5.45. The summed E-state index contributed by atoms with van der Waals surface area (Å²) in [5.74, 6) is -2.81. The lowest BCUT2D eigenvalue weighted by atomic mass is 9.98. The number of carboxylic acids is 1. The molecule has 1 aliphatic rings. The van der Waals surface area contributed by atoms with Crippen molar-refractivity contribution >= 4 is 29.8 Å². The number of ether oxygens (including phenoxy) is 1. The summed E-state index contributed by atoms with van der Waals surface area (Å²) in [6, 6.07) is 14.2. The third-order valence-electron chi connectivity index (χ3n) is 6.13. The number of rotatable bonds is 12. The van der Waals surface area contributed by atoms with Gasteiger partial charge in [-0.2, -0.15) is 0 Å². The van der Waals surface area contributed by atoms with Crippen molar-refractivity contribution in [2.75, 3.05) is 19.7 Å². The molecule has 0 aromatic heterocycles. The number of carbonyl (C=O) groups excluding carboxylic acids is 4. The number of benzene rings is 2. The topological polar surface area (TPSA) is 163 Å². The van der Waals surface area contributed by atoms with Crippen molar-refractivity contribution in [2.24, 2.45) is 0 Å². The minimum absolute atomic E-state index is 0.0540. The summed E-state index contributed by atoms with van der Waals surface area (Å²) >= 11 is 0. The zero-order valence-electron chi connectivity index (χ0n) is 21.3. The Labute approximate surface area is 220 Å². The number of carbonyl (C=O) groups is 5. The first-order chi connectivity index (χ1) is 18.2. The average molecular weight is 525 g/mol. The van der Waals surface area contributed by atoms with Gasteiger partial charge in [0.2, 0.25) is 17.7 Å². The van der Waals surface area contributed by atoms with Crippen LogP contribution in [0.2, 0.25) is 0 Å². The normalized spacial score (nSPS) is 13.3. The average Bonchev–Trinajstić information content (AvgIpc) is 3.22. The summed E-state index contributed by atoms with van der Waals surface area (Å²) in [5, 5.41) is 18.7. The Balaban J connectivity index is 1.35. The van der Waals surface area contributed by atoms with Crippen LogP contribution in [0.4, 0.5) is 4.79 Å². The van der Waals surface area contributed by atoms with E-state index >= 15 is 0 Å². The second-order valence-corrected chi connectivity index (χ2v) is 8.96. The maximum atomic E-state index is 12.3. The molecule has 0 fully saturated rings. The summed E-state index contributed by atoms with van der Waals surface area (Å²) in [6.45, 7) is 3.33. The van der Waals surface area contributed by atoms with E-state index in [4.69, 9.17) is 9.84 Å². The van der Waals surface area contributed by atoms with Crippen LogP contribution in [0.3, 0.4) is 0 Å². The molecule has 0 radical (unpaired) electrons. The van der Waals surface area contributed by atoms with E-state index in [0.717, 1.165) is 22.3 Å². The molecule has 11 heteroatoms. The fourth-order valence-corrected chi connectivity index (χ4v) is 4.16. The Morgan fingerprint density at radius 1 is 0.789 bits per heavy atom. The number of aliphatic carboxylic acids is 1. The standard InChI is InChI=1S/C27H32N4O7/c1-16(31-26(36)17(2)30-23(32)11-12-24(33)34)25(35)28-13-14-29-27(37)38-15-22-20-9-5-3-7-18(20)19-8-4-6-10-21(19)22/h3-10,16-17,22H,11-15H2,1-2H3,(H,28,35)(H,29,37)(H,30,32)(H,31,36)(H,33,34)/t16-,17-/m0/s1. The molecule has 4 amide bonds. The van der Waals surface area contributed by atoms with Gasteiger partial charge in [-0.3, -0.25) is 19.2 Å². The monoisotopic (exact) mass is 524 g/mol. The van der Waals surface area contributed by atoms with Crippen LogP contribution in [0, 0.1) is 0 Å². The predicted octanol–water partition coefficient (Wildman–Crippen LogP) is 1.52. The molecule has 2 aromatic rings. The molecule has 0 spiro atoms. The summed E-state index contributed by atoms with van der Waals surface area (Å²) in [6.07, 6.45) is -1.20. The van der Waals surface area contributed by atoms with Crippen LogP contribution in [-0.2, 0) is 23.9 Å². The van der Waals surface area contributed by atoms with Crippen LogP contribution in [0.15, 0.2) is 48.5 Å². The van der Waals surface area contributed by atoms with Crippen molar-refractivity contribution < 1.29 is 33.8 Å². The van der Waals surface area contributed by atoms with Gasteiger partial charge >= 0.3 is 12.1 Å². The molecular formula is C27H32N4O7. The minimum Gasteiger partial charge on any atom is -0.481 e. The van der Waals surface area contributed by atoms with Gasteiger partial charge in [0.1, 0.15) is 18.7 Å². The number of alkyl carbamates (subject to hydrolysis) is 1. The molecule has 5 N–H and O–H groups in total. The van der Waals surface area contributed by atoms with E-state index in [9.17, 15) is 24.0 Å². The summed E-state index contributed by atoms with van der Waals surface area (Å²) in [4.78, 5) is 58.9. The second kappa shape index (κ2) is 13.2. The Hall–Kier alpha value is -4.41. The van der Waals surface area contributed by atoms with Crippen molar-refractivity contribution in [2.45, 2.75) is 44.7 Å². The third kappa shape index (κ3) is 7.55. The number of amides is 4. The highest BCUT2D eigenvalue weighted by molar-refractivity contribution is 5.92. The maximum Gasteiger partial charge on any atom is 0.407 e. The van der Waals surface area contributed by atoms with E-state index in [-0.39, 0.29) is 38.5 Å². The number of fused-ring (bicyclic) bond motifs is 3. The molecule has 0 saturated carbocycles. The van der Waals surface area contributed by atoms with Gasteiger partial charge in [-0.15, -0.1) is 0 Å². The van der Waals surface area contributed by atoms with Gasteiger partial charge in [0.05, 0.1) is 6.42 Å². The lowest BCUT2D eigenvalue weighted by Crippen LogP contribution is -2.52. The van der Waals surface area contributed by atoms with E-state index in [1.807, 2.05) is 36.4 Å². The molecule has 3 rings (SSSR count). The van der Waals surface area contributed by atoms with Gasteiger partial charge < -0.3 is 31.1 Å². The largest absolute Gasteiger partial charge is 0.481 e. The van der Waals surface area contributed by atoms with Crippen LogP contribution >= 0.6 is 0 Å². The predicted molar refractivity (Wildman–Crippen MR) is 138 cm³/mol. The van der Waals surface area contributed by atoms with Gasteiger partial charge in [0.15, 0.2) is 0 Å². The molecule has 2 atom stereocenters. The van der Waals surface area contributed by atoms with Gasteiger partial charge in [-0.1, -0.05) is 48.5 Å². The molecule has 202 valence electrons. The zero-order chi connectivity index (χ0) is 27.7. The highest BCUT2D eigenvalue weighted by atomic mass is 16.5. The second-order valence-electron chi connectivity index (χ2n) is 8.96. The quantitative estimate of drug-likeness (QED) is 0.263. The van der Waals surface area contributed by atoms with Crippen molar-refractivity contribution in [1.82, 2.24) is 21.3 Å². The SMILES string of the molecule is C[C@H](NC(=O)CCC(=O)O)C(=O)N[C@@H](C)C(=O)NCCNC(=O)OCC1c2ccccc2-c2ccccc21. The molecule has 0 heterocycles. The highest BCUT2D eigenvalue weighted by Crippen LogP contribution is 2.44. The number of nitrogens with one attached hydrogen (secondary N) is 4. The van der Waals surface area contributed by atoms with Crippen molar-refractivity contribution in [3.63, 3.8) is 0 Å². The van der Waals surface area contributed by atoms with E-state index in [1.165, 1.54) is 13.8 Å². The van der Waals surface area contributed by atoms with E-state index in [0.29, 0.717) is 0 Å². The molecule has 0 saturated heterocycles. The number of carboxylic acid groups (broad SMARTS) is 1. The van der Waals surface area contributed by atoms with Crippen LogP contribution in [0.1, 0.15) is 43.7 Å². The first-order valence-corrected chi connectivity index (χ1v) is 12.4. The third-order valence-corrected chi connectivity index (χ3v) is 6.13. The van der Waals surface area contributed by atoms with Crippen molar-refractivity contribution in [3.05, 3.63) is 59.7 Å². The lowest BCUT2D eigenvalue weighted by Gasteiger charge is -2.18. The number of hydrogen-bond donors (Lipinski definition) is 5. The maximum absolute atomic E-state index is 12.3. The molecular weight excluding hydrogens is 492 g/mol. The fraction of sp³-hybridized carbons (Fsp3) is 0.370. The van der Waals surface area contributed by atoms with Crippen LogP contribution in [0.25, 0.3) is 11.1 Å². The molecule has 38 heavy (non-hydrogen) atoms. The molecule has 2 aromatic carbocycles. The Morgan fingerprint density at radius 3 is 1.95 bits per heavy atom. The van der Waals surface area contributed by atoms with Crippen LogP contribution in [-0.4, -0.2) is 66.7 Å². The minimum atomic E-state index is -1.12. The van der Waals surface area contributed by atoms with E-state index in [1.54, 1.807) is 0 Å². The van der Waals surface area contributed by atoms with E-state index < -0.39 is 41.9 Å². The fourth-order valence-electron chi connectivity index (χ4n) is 4.16. The van der Waals surface area contributed by atoms with Crippen LogP contribution < -0.4 is 21.3 Å². The van der Waals surface area contributed by atoms with Crippen LogP contribution in [0.5, 0.6) is 0 Å². The molecule has 1 aliphatic carbocycles. The van der Waals surface area contributed by atoms with Gasteiger partial charge in [-0.05, 0) is 36.1 Å². The Bertz CT molecular complexity index is 1150. The number of hydrogen-bond acceptors (Lipinski definition) is 6. The van der Waals surface area contributed by atoms with Crippen molar-refractivity contribution in [1.29, 1.82) is 0 Å². The van der Waals surface area contributed by atoms with Gasteiger partial charge in [0, 0.05) is 25.4 Å². The molecule has 0 unspecified atom stereocenters. The van der Waals surface area contributed by atoms with Crippen molar-refractivity contribution in [3.8, 4) is 11.1 Å². The molecule has 0 aliphatic heterocycles. The summed E-state index contributed by atoms with van der Waals surface area (Å²) in [7, 11) is 0. The molecule has 0 bridgehead atoms. The van der Waals surface area contributed by atoms with Gasteiger partial charge in [0.25, 0.3) is 0 Å².